The van der Waals surface area contributed by atoms with E-state index < -0.39 is 5.97 Å². The number of methoxy groups -OCH3 is 1. The summed E-state index contributed by atoms with van der Waals surface area (Å²) < 4.78 is 21.2. The second-order valence-electron chi connectivity index (χ2n) is 5.78. The Labute approximate surface area is 164 Å². The van der Waals surface area contributed by atoms with Crippen LogP contribution in [0.1, 0.15) is 16.8 Å². The summed E-state index contributed by atoms with van der Waals surface area (Å²) in [6.45, 7) is 2.28. The molecule has 0 radical (unpaired) electrons. The molecule has 2 aromatic carbocycles. The molecule has 0 saturated carbocycles. The second kappa shape index (κ2) is 11.6. The topological polar surface area (TPSA) is 116 Å². The number of nitrogens with one attached hydrogen (secondary N) is 2. The number of ether oxygens (including phenoxy) is 4. The van der Waals surface area contributed by atoms with Gasteiger partial charge in [-0.05, 0) is 48.5 Å². The highest BCUT2D eigenvalue weighted by Gasteiger charge is 2.09. The maximum absolute atomic E-state index is 12.2. The first-order valence-corrected chi connectivity index (χ1v) is 8.81. The fraction of sp³-hybridized carbons (Fsp3) is 0.300. The normalized spacial score (nSPS) is 10.3. The Hall–Kier alpha value is -3.10. The van der Waals surface area contributed by atoms with Crippen LogP contribution in [-0.4, -0.2) is 45.5 Å². The highest BCUT2D eigenvalue weighted by molar-refractivity contribution is 5.91. The Morgan fingerprint density at radius 2 is 1.64 bits per heavy atom. The summed E-state index contributed by atoms with van der Waals surface area (Å²) in [5, 5.41) is 9.83. The summed E-state index contributed by atoms with van der Waals surface area (Å²) in [6.07, 6.45) is 0.766. The highest BCUT2D eigenvalue weighted by Crippen LogP contribution is 2.18. The number of carbonyl (C=O) groups excluding carboxylic acids is 1. The zero-order valence-corrected chi connectivity index (χ0v) is 15.8. The Bertz CT molecular complexity index is 747. The molecule has 8 nitrogen and oxygen atoms in total. The van der Waals surface area contributed by atoms with E-state index in [4.69, 9.17) is 30.1 Å². The maximum Gasteiger partial charge on any atom is 0.343 e. The van der Waals surface area contributed by atoms with Gasteiger partial charge in [0.25, 0.3) is 0 Å². The highest BCUT2D eigenvalue weighted by atomic mass is 16.5. The van der Waals surface area contributed by atoms with Crippen LogP contribution in [0.2, 0.25) is 0 Å². The summed E-state index contributed by atoms with van der Waals surface area (Å²) in [6, 6.07) is 13.3. The summed E-state index contributed by atoms with van der Waals surface area (Å²) >= 11 is 0. The molecule has 2 aromatic rings. The molecular formula is C20H25N3O5. The third kappa shape index (κ3) is 7.65. The minimum Gasteiger partial charge on any atom is -0.494 e. The minimum absolute atomic E-state index is 0.161. The van der Waals surface area contributed by atoms with E-state index in [1.807, 2.05) is 0 Å². The molecule has 0 atom stereocenters. The molecule has 2 rings (SSSR count). The Morgan fingerprint density at radius 1 is 0.964 bits per heavy atom. The molecule has 4 N–H and O–H groups in total. The van der Waals surface area contributed by atoms with E-state index in [1.54, 1.807) is 55.6 Å². The van der Waals surface area contributed by atoms with Crippen molar-refractivity contribution in [2.75, 3.05) is 38.9 Å². The Kier molecular flexibility index (Phi) is 8.77. The SMILES string of the molecule is COCCOCCCOc1ccc(C(=O)Oc2ccc(NC(=N)N)cc2)cc1. The van der Waals surface area contributed by atoms with Crippen molar-refractivity contribution < 1.29 is 23.7 Å². The molecule has 0 spiro atoms. The summed E-state index contributed by atoms with van der Waals surface area (Å²) in [4.78, 5) is 12.2. The fourth-order valence-electron chi connectivity index (χ4n) is 2.21. The van der Waals surface area contributed by atoms with Crippen molar-refractivity contribution >= 4 is 17.6 Å². The molecule has 0 bridgehead atoms. The van der Waals surface area contributed by atoms with Gasteiger partial charge in [-0.15, -0.1) is 0 Å². The van der Waals surface area contributed by atoms with Crippen molar-refractivity contribution in [3.8, 4) is 11.5 Å². The number of anilines is 1. The molecule has 0 unspecified atom stereocenters. The molecule has 0 heterocycles. The lowest BCUT2D eigenvalue weighted by Crippen LogP contribution is -2.20. The zero-order chi connectivity index (χ0) is 20.2. The lowest BCUT2D eigenvalue weighted by atomic mass is 10.2. The predicted octanol–water partition coefficient (Wildman–Crippen LogP) is 2.64. The number of carbonyl (C=O) groups is 1. The van der Waals surface area contributed by atoms with Gasteiger partial charge in [0.15, 0.2) is 5.96 Å². The number of rotatable bonds is 11. The van der Waals surface area contributed by atoms with Gasteiger partial charge in [0.05, 0.1) is 25.4 Å². The van der Waals surface area contributed by atoms with Crippen LogP contribution in [0, 0.1) is 5.41 Å². The first kappa shape index (κ1) is 21.2. The zero-order valence-electron chi connectivity index (χ0n) is 15.8. The average Bonchev–Trinajstić information content (AvgIpc) is 2.69. The molecule has 28 heavy (non-hydrogen) atoms. The van der Waals surface area contributed by atoms with Crippen LogP contribution in [-0.2, 0) is 9.47 Å². The number of esters is 1. The molecule has 8 heteroatoms. The van der Waals surface area contributed by atoms with Crippen LogP contribution in [0.5, 0.6) is 11.5 Å². The summed E-state index contributed by atoms with van der Waals surface area (Å²) in [5.41, 5.74) is 6.31. The van der Waals surface area contributed by atoms with Gasteiger partial charge in [0.1, 0.15) is 11.5 Å². The van der Waals surface area contributed by atoms with Crippen molar-refractivity contribution in [2.24, 2.45) is 5.73 Å². The molecule has 0 aromatic heterocycles. The fourth-order valence-corrected chi connectivity index (χ4v) is 2.21. The number of nitrogens with two attached hydrogens (primary N) is 1. The molecule has 0 aliphatic carbocycles. The summed E-state index contributed by atoms with van der Waals surface area (Å²) in [7, 11) is 1.63. The van der Waals surface area contributed by atoms with E-state index >= 15 is 0 Å². The van der Waals surface area contributed by atoms with Crippen LogP contribution in [0.4, 0.5) is 5.69 Å². The van der Waals surface area contributed by atoms with Gasteiger partial charge in [0, 0.05) is 25.8 Å². The van der Waals surface area contributed by atoms with Gasteiger partial charge in [-0.1, -0.05) is 0 Å². The van der Waals surface area contributed by atoms with E-state index in [2.05, 4.69) is 5.32 Å². The molecule has 0 aliphatic rings. The van der Waals surface area contributed by atoms with Gasteiger partial charge in [-0.2, -0.15) is 0 Å². The van der Waals surface area contributed by atoms with Crippen molar-refractivity contribution in [3.63, 3.8) is 0 Å². The van der Waals surface area contributed by atoms with Crippen LogP contribution in [0.3, 0.4) is 0 Å². The predicted molar refractivity (Wildman–Crippen MR) is 106 cm³/mol. The van der Waals surface area contributed by atoms with Crippen LogP contribution < -0.4 is 20.5 Å². The van der Waals surface area contributed by atoms with Gasteiger partial charge in [-0.25, -0.2) is 4.79 Å². The van der Waals surface area contributed by atoms with Crippen molar-refractivity contribution in [2.45, 2.75) is 6.42 Å². The van der Waals surface area contributed by atoms with E-state index in [-0.39, 0.29) is 5.96 Å². The third-order valence-electron chi connectivity index (χ3n) is 3.57. The number of hydrogen-bond acceptors (Lipinski definition) is 6. The van der Waals surface area contributed by atoms with E-state index in [1.165, 1.54) is 0 Å². The quantitative estimate of drug-likeness (QED) is 0.178. The van der Waals surface area contributed by atoms with Crippen molar-refractivity contribution in [1.82, 2.24) is 0 Å². The summed E-state index contributed by atoms with van der Waals surface area (Å²) in [5.74, 6) is 0.442. The van der Waals surface area contributed by atoms with Crippen LogP contribution in [0.15, 0.2) is 48.5 Å². The van der Waals surface area contributed by atoms with E-state index in [9.17, 15) is 4.79 Å². The monoisotopic (exact) mass is 387 g/mol. The standard InChI is InChI=1S/C20H25N3O5/c1-25-13-14-26-11-2-12-27-17-7-3-15(4-8-17)19(24)28-18-9-5-16(6-10-18)23-20(21)22/h3-10H,2,11-14H2,1H3,(H4,21,22,23). The number of hydrogen-bond donors (Lipinski definition) is 3. The second-order valence-corrected chi connectivity index (χ2v) is 5.78. The number of guanidine groups is 1. The number of benzene rings is 2. The van der Waals surface area contributed by atoms with Gasteiger partial charge < -0.3 is 30.0 Å². The molecule has 0 saturated heterocycles. The van der Waals surface area contributed by atoms with Crippen molar-refractivity contribution in [1.29, 1.82) is 5.41 Å². The minimum atomic E-state index is -0.467. The average molecular weight is 387 g/mol. The van der Waals surface area contributed by atoms with Crippen molar-refractivity contribution in [3.05, 3.63) is 54.1 Å². The molecular weight excluding hydrogens is 362 g/mol. The molecule has 150 valence electrons. The van der Waals surface area contributed by atoms with Gasteiger partial charge >= 0.3 is 5.97 Å². The van der Waals surface area contributed by atoms with E-state index in [0.717, 1.165) is 6.42 Å². The van der Waals surface area contributed by atoms with Gasteiger partial charge in [0.2, 0.25) is 0 Å². The smallest absolute Gasteiger partial charge is 0.343 e. The first-order chi connectivity index (χ1) is 13.6. The maximum atomic E-state index is 12.2. The molecule has 0 fully saturated rings. The Balaban J connectivity index is 1.76. The van der Waals surface area contributed by atoms with Crippen LogP contribution >= 0.6 is 0 Å². The largest absolute Gasteiger partial charge is 0.494 e. The first-order valence-electron chi connectivity index (χ1n) is 8.81. The lowest BCUT2D eigenvalue weighted by molar-refractivity contribution is 0.0644. The molecule has 0 aliphatic heterocycles. The third-order valence-corrected chi connectivity index (χ3v) is 3.57. The lowest BCUT2D eigenvalue weighted by Gasteiger charge is -2.09. The van der Waals surface area contributed by atoms with Gasteiger partial charge in [-0.3, -0.25) is 5.41 Å². The van der Waals surface area contributed by atoms with Crippen LogP contribution in [0.25, 0.3) is 0 Å². The van der Waals surface area contributed by atoms with E-state index in [0.29, 0.717) is 49.2 Å². The Morgan fingerprint density at radius 3 is 2.29 bits per heavy atom. The molecule has 0 amide bonds.